The molecule has 7 aromatic rings. The van der Waals surface area contributed by atoms with E-state index in [4.69, 9.17) is 0 Å². The summed E-state index contributed by atoms with van der Waals surface area (Å²) in [5.41, 5.74) is 13.0. The molecule has 0 N–H and O–H groups in total. The summed E-state index contributed by atoms with van der Waals surface area (Å²) in [5, 5.41) is 1.66. The van der Waals surface area contributed by atoms with E-state index in [9.17, 15) is 4.79 Å². The van der Waals surface area contributed by atoms with Gasteiger partial charge in [0.15, 0.2) is 5.43 Å². The van der Waals surface area contributed by atoms with Crippen LogP contribution < -0.4 is 5.43 Å². The zero-order valence-electron chi connectivity index (χ0n) is 25.5. The van der Waals surface area contributed by atoms with Gasteiger partial charge in [0.25, 0.3) is 0 Å². The minimum Gasteiger partial charge on any atom is -0.289 e. The average molecular weight is 587 g/mol. The highest BCUT2D eigenvalue weighted by atomic mass is 32.1. The SMILES string of the molecule is Cc1ccc2c(=O)c3ccc(C)cc3sc2c1.Cc1ccc2c(c1)-c1cc(C)ccc1C2(c1ccccc1)c1ccccc1. The van der Waals surface area contributed by atoms with E-state index < -0.39 is 0 Å². The molecule has 0 saturated heterocycles. The van der Waals surface area contributed by atoms with E-state index in [-0.39, 0.29) is 10.8 Å². The Morgan fingerprint density at radius 1 is 0.455 bits per heavy atom. The van der Waals surface area contributed by atoms with Gasteiger partial charge in [-0.15, -0.1) is 11.3 Å². The van der Waals surface area contributed by atoms with Crippen molar-refractivity contribution in [2.45, 2.75) is 33.1 Å². The van der Waals surface area contributed by atoms with Crippen LogP contribution in [0.15, 0.2) is 138 Å². The minimum atomic E-state index is -0.269. The van der Waals surface area contributed by atoms with E-state index in [1.54, 1.807) is 11.3 Å². The van der Waals surface area contributed by atoms with E-state index in [0.717, 1.165) is 20.2 Å². The van der Waals surface area contributed by atoms with Gasteiger partial charge in [-0.25, -0.2) is 0 Å². The van der Waals surface area contributed by atoms with Gasteiger partial charge < -0.3 is 0 Å². The summed E-state index contributed by atoms with van der Waals surface area (Å²) >= 11 is 1.69. The van der Waals surface area contributed by atoms with Gasteiger partial charge in [0, 0.05) is 20.2 Å². The highest BCUT2D eigenvalue weighted by Crippen LogP contribution is 2.56. The number of hydrogen-bond donors (Lipinski definition) is 0. The van der Waals surface area contributed by atoms with Crippen molar-refractivity contribution in [3.05, 3.63) is 188 Å². The van der Waals surface area contributed by atoms with Gasteiger partial charge in [-0.3, -0.25) is 4.79 Å². The van der Waals surface area contributed by atoms with Crippen molar-refractivity contribution in [1.29, 1.82) is 0 Å². The summed E-state index contributed by atoms with van der Waals surface area (Å²) in [6.07, 6.45) is 0. The summed E-state index contributed by atoms with van der Waals surface area (Å²) in [6, 6.07) is 47.8. The lowest BCUT2D eigenvalue weighted by Gasteiger charge is -2.33. The Kier molecular flexibility index (Phi) is 7.03. The van der Waals surface area contributed by atoms with Crippen molar-refractivity contribution < 1.29 is 0 Å². The van der Waals surface area contributed by atoms with Crippen molar-refractivity contribution in [3.63, 3.8) is 0 Å². The van der Waals surface area contributed by atoms with Gasteiger partial charge in [0.05, 0.1) is 5.41 Å². The minimum absolute atomic E-state index is 0.147. The summed E-state index contributed by atoms with van der Waals surface area (Å²) in [6.45, 7) is 8.47. The number of benzene rings is 6. The molecule has 1 nitrogen and oxygen atoms in total. The summed E-state index contributed by atoms with van der Waals surface area (Å²) < 4.78 is 2.15. The van der Waals surface area contributed by atoms with Crippen LogP contribution in [0.3, 0.4) is 0 Å². The molecular formula is C42H34OS. The van der Waals surface area contributed by atoms with Crippen molar-refractivity contribution in [2.24, 2.45) is 0 Å². The van der Waals surface area contributed by atoms with Crippen LogP contribution in [0.2, 0.25) is 0 Å². The van der Waals surface area contributed by atoms with E-state index >= 15 is 0 Å². The second-order valence-corrected chi connectivity index (χ2v) is 13.1. The van der Waals surface area contributed by atoms with Gasteiger partial charge in [-0.05, 0) is 96.5 Å². The van der Waals surface area contributed by atoms with Crippen LogP contribution in [0, 0.1) is 27.7 Å². The molecule has 1 aliphatic carbocycles. The molecule has 0 spiro atoms. The maximum atomic E-state index is 12.3. The summed E-state index contributed by atoms with van der Waals surface area (Å²) in [5.74, 6) is 0. The summed E-state index contributed by atoms with van der Waals surface area (Å²) in [7, 11) is 0. The molecule has 1 aliphatic rings. The Labute approximate surface area is 263 Å². The van der Waals surface area contributed by atoms with Crippen molar-refractivity contribution >= 4 is 31.5 Å². The molecule has 0 bridgehead atoms. The number of hydrogen-bond acceptors (Lipinski definition) is 2. The van der Waals surface area contributed by atoms with Crippen LogP contribution in [0.1, 0.15) is 44.5 Å². The predicted octanol–water partition coefficient (Wildman–Crippen LogP) is 10.7. The Morgan fingerprint density at radius 3 is 1.27 bits per heavy atom. The maximum Gasteiger partial charge on any atom is 0.195 e. The van der Waals surface area contributed by atoms with Crippen LogP contribution in [-0.4, -0.2) is 0 Å². The molecule has 0 amide bonds. The van der Waals surface area contributed by atoms with Gasteiger partial charge in [-0.1, -0.05) is 120 Å². The Hall–Kier alpha value is -4.79. The monoisotopic (exact) mass is 586 g/mol. The molecule has 2 heteroatoms. The van der Waals surface area contributed by atoms with E-state index in [0.29, 0.717) is 0 Å². The first-order chi connectivity index (χ1) is 21.4. The highest BCUT2D eigenvalue weighted by molar-refractivity contribution is 7.24. The first-order valence-electron chi connectivity index (χ1n) is 15.1. The normalized spacial score (nSPS) is 12.8. The lowest BCUT2D eigenvalue weighted by Crippen LogP contribution is -2.28. The number of rotatable bonds is 2. The second kappa shape index (κ2) is 11.0. The smallest absolute Gasteiger partial charge is 0.195 e. The van der Waals surface area contributed by atoms with Crippen LogP contribution in [-0.2, 0) is 5.41 Å². The second-order valence-electron chi connectivity index (χ2n) is 12.0. The van der Waals surface area contributed by atoms with Crippen molar-refractivity contribution in [2.75, 3.05) is 0 Å². The Morgan fingerprint density at radius 2 is 0.841 bits per heavy atom. The summed E-state index contributed by atoms with van der Waals surface area (Å²) in [4.78, 5) is 12.3. The fourth-order valence-electron chi connectivity index (χ4n) is 6.79. The van der Waals surface area contributed by atoms with E-state index in [1.165, 1.54) is 55.6 Å². The van der Waals surface area contributed by atoms with Crippen LogP contribution in [0.5, 0.6) is 0 Å². The van der Waals surface area contributed by atoms with E-state index in [1.807, 2.05) is 24.3 Å². The average Bonchev–Trinajstić information content (AvgIpc) is 3.31. The van der Waals surface area contributed by atoms with E-state index in [2.05, 4.69) is 137 Å². The third-order valence-electron chi connectivity index (χ3n) is 8.85. The van der Waals surface area contributed by atoms with Gasteiger partial charge >= 0.3 is 0 Å². The Bertz CT molecular complexity index is 2070. The van der Waals surface area contributed by atoms with Crippen LogP contribution in [0.25, 0.3) is 31.3 Å². The number of fused-ring (bicyclic) bond motifs is 5. The third kappa shape index (κ3) is 4.58. The molecule has 6 aromatic carbocycles. The van der Waals surface area contributed by atoms with Gasteiger partial charge in [0.2, 0.25) is 0 Å². The fraction of sp³-hybridized carbons (Fsp3) is 0.119. The maximum absolute atomic E-state index is 12.3. The molecule has 8 rings (SSSR count). The quantitative estimate of drug-likeness (QED) is 0.184. The molecule has 1 aromatic heterocycles. The molecule has 214 valence electrons. The zero-order valence-corrected chi connectivity index (χ0v) is 26.3. The zero-order chi connectivity index (χ0) is 30.4. The molecule has 44 heavy (non-hydrogen) atoms. The third-order valence-corrected chi connectivity index (χ3v) is 9.96. The largest absolute Gasteiger partial charge is 0.289 e. The topological polar surface area (TPSA) is 17.1 Å². The lowest BCUT2D eigenvalue weighted by atomic mass is 9.67. The van der Waals surface area contributed by atoms with Gasteiger partial charge in [-0.2, -0.15) is 0 Å². The molecule has 1 heterocycles. The molecule has 0 saturated carbocycles. The molecule has 0 unspecified atom stereocenters. The first kappa shape index (κ1) is 28.0. The number of aryl methyl sites for hydroxylation is 4. The van der Waals surface area contributed by atoms with Gasteiger partial charge in [0.1, 0.15) is 0 Å². The van der Waals surface area contributed by atoms with Crippen LogP contribution >= 0.6 is 11.3 Å². The standard InChI is InChI=1S/C27H22.C15H12OS/c1-19-13-15-25-23(17-19)24-18-20(2)14-16-26(24)27(25,21-9-5-3-6-10-21)22-11-7-4-8-12-22;1-9-3-5-11-13(7-9)17-14-8-10(2)4-6-12(14)15(11)16/h3-18H,1-2H3;3-8H,1-2H3. The first-order valence-corrected chi connectivity index (χ1v) is 16.0. The van der Waals surface area contributed by atoms with Crippen molar-refractivity contribution in [3.8, 4) is 11.1 Å². The van der Waals surface area contributed by atoms with Crippen molar-refractivity contribution in [1.82, 2.24) is 0 Å². The fourth-order valence-corrected chi connectivity index (χ4v) is 8.06. The van der Waals surface area contributed by atoms with Crippen LogP contribution in [0.4, 0.5) is 0 Å². The molecule has 0 aliphatic heterocycles. The molecular weight excluding hydrogens is 553 g/mol. The molecule has 0 atom stereocenters. The lowest BCUT2D eigenvalue weighted by molar-refractivity contribution is 0.768. The predicted molar refractivity (Wildman–Crippen MR) is 188 cm³/mol. The molecule has 0 radical (unpaired) electrons. The molecule has 0 fully saturated rings. The highest BCUT2D eigenvalue weighted by Gasteiger charge is 2.45. The Balaban J connectivity index is 0.000000158.